The fraction of sp³-hybridized carbons (Fsp3) is 0.100. The number of halogens is 4. The average molecular weight is 306 g/mol. The van der Waals surface area contributed by atoms with Crippen LogP contribution in [-0.4, -0.2) is 21.1 Å². The number of alkyl halides is 3. The number of nitrogens with one attached hydrogen (secondary N) is 2. The van der Waals surface area contributed by atoms with E-state index in [2.05, 4.69) is 20.5 Å². The molecule has 106 valence electrons. The maximum Gasteiger partial charge on any atom is 0.417 e. The van der Waals surface area contributed by atoms with Crippen LogP contribution in [0.25, 0.3) is 0 Å². The van der Waals surface area contributed by atoms with E-state index in [0.29, 0.717) is 0 Å². The van der Waals surface area contributed by atoms with Gasteiger partial charge in [0.15, 0.2) is 0 Å². The van der Waals surface area contributed by atoms with Crippen LogP contribution in [0.1, 0.15) is 16.2 Å². The third-order valence-electron chi connectivity index (χ3n) is 2.25. The summed E-state index contributed by atoms with van der Waals surface area (Å²) in [6, 6.07) is 2.99. The molecule has 10 heteroatoms. The lowest BCUT2D eigenvalue weighted by Crippen LogP contribution is -2.15. The lowest BCUT2D eigenvalue weighted by molar-refractivity contribution is -0.137. The highest BCUT2D eigenvalue weighted by Crippen LogP contribution is 2.36. The number of benzene rings is 1. The zero-order valence-electron chi connectivity index (χ0n) is 9.62. The Morgan fingerprint density at radius 3 is 2.65 bits per heavy atom. The highest BCUT2D eigenvalue weighted by Gasteiger charge is 2.33. The number of hydrogen-bond donors (Lipinski definition) is 3. The molecule has 1 heterocycles. The molecular formula is C10H7ClF3N5O. The predicted octanol–water partition coefficient (Wildman–Crippen LogP) is 2.31. The number of nitrogen functional groups attached to an aromatic ring is 1. The Bertz CT molecular complexity index is 655. The highest BCUT2D eigenvalue weighted by molar-refractivity contribution is 6.31. The van der Waals surface area contributed by atoms with E-state index in [1.54, 1.807) is 0 Å². The maximum atomic E-state index is 12.7. The zero-order valence-corrected chi connectivity index (χ0v) is 10.4. The molecule has 0 saturated heterocycles. The lowest BCUT2D eigenvalue weighted by atomic mass is 10.2. The summed E-state index contributed by atoms with van der Waals surface area (Å²) in [5, 5.41) is 7.43. The topological polar surface area (TPSA) is 96.7 Å². The van der Waals surface area contributed by atoms with Crippen LogP contribution >= 0.6 is 11.6 Å². The molecule has 0 fully saturated rings. The monoisotopic (exact) mass is 305 g/mol. The first-order valence-corrected chi connectivity index (χ1v) is 5.51. The molecule has 0 bridgehead atoms. The van der Waals surface area contributed by atoms with Gasteiger partial charge in [0.2, 0.25) is 11.8 Å². The first kappa shape index (κ1) is 14.1. The fourth-order valence-electron chi connectivity index (χ4n) is 1.39. The van der Waals surface area contributed by atoms with Crippen LogP contribution in [0.5, 0.6) is 0 Å². The average Bonchev–Trinajstić information content (AvgIpc) is 2.77. The van der Waals surface area contributed by atoms with Crippen molar-refractivity contribution < 1.29 is 18.0 Å². The normalized spacial score (nSPS) is 11.4. The second-order valence-corrected chi connectivity index (χ2v) is 4.10. The molecule has 20 heavy (non-hydrogen) atoms. The van der Waals surface area contributed by atoms with Crippen LogP contribution < -0.4 is 11.1 Å². The summed E-state index contributed by atoms with van der Waals surface area (Å²) < 4.78 is 38.0. The Hall–Kier alpha value is -2.29. The molecule has 0 atom stereocenters. The Morgan fingerprint density at radius 1 is 1.40 bits per heavy atom. The molecule has 0 saturated carbocycles. The molecule has 6 nitrogen and oxygen atoms in total. The van der Waals surface area contributed by atoms with Gasteiger partial charge in [-0.05, 0) is 18.2 Å². The molecule has 0 spiro atoms. The third-order valence-corrected chi connectivity index (χ3v) is 2.58. The second kappa shape index (κ2) is 5.00. The first-order valence-electron chi connectivity index (χ1n) is 5.13. The van der Waals surface area contributed by atoms with Gasteiger partial charge in [-0.1, -0.05) is 11.6 Å². The van der Waals surface area contributed by atoms with Crippen molar-refractivity contribution in [2.75, 3.05) is 11.1 Å². The summed E-state index contributed by atoms with van der Waals surface area (Å²) >= 11 is 5.46. The van der Waals surface area contributed by atoms with Crippen molar-refractivity contribution in [3.8, 4) is 0 Å². The third kappa shape index (κ3) is 2.99. The number of aromatic nitrogens is 3. The van der Waals surface area contributed by atoms with Crippen LogP contribution in [0.2, 0.25) is 5.02 Å². The van der Waals surface area contributed by atoms with E-state index >= 15 is 0 Å². The quantitative estimate of drug-likeness (QED) is 0.793. The van der Waals surface area contributed by atoms with Gasteiger partial charge in [0.05, 0.1) is 10.6 Å². The number of anilines is 2. The molecule has 0 unspecified atom stereocenters. The summed E-state index contributed by atoms with van der Waals surface area (Å²) in [4.78, 5) is 15.2. The molecule has 0 aliphatic carbocycles. The molecule has 2 rings (SSSR count). The molecule has 0 aliphatic rings. The number of hydrogen-bond acceptors (Lipinski definition) is 4. The minimum atomic E-state index is -4.62. The number of rotatable bonds is 2. The van der Waals surface area contributed by atoms with Crippen LogP contribution in [0.15, 0.2) is 18.2 Å². The number of aromatic amines is 1. The fourth-order valence-corrected chi connectivity index (χ4v) is 1.61. The van der Waals surface area contributed by atoms with E-state index in [1.807, 2.05) is 0 Å². The Kier molecular flexibility index (Phi) is 3.53. The van der Waals surface area contributed by atoms with Crippen molar-refractivity contribution in [1.29, 1.82) is 0 Å². The number of nitrogens with zero attached hydrogens (tertiary/aromatic N) is 2. The van der Waals surface area contributed by atoms with E-state index < -0.39 is 22.7 Å². The van der Waals surface area contributed by atoms with Crippen molar-refractivity contribution in [3.63, 3.8) is 0 Å². The van der Waals surface area contributed by atoms with E-state index in [1.165, 1.54) is 6.07 Å². The van der Waals surface area contributed by atoms with Gasteiger partial charge in [0.1, 0.15) is 0 Å². The first-order chi connectivity index (χ1) is 9.27. The lowest BCUT2D eigenvalue weighted by Gasteiger charge is -2.11. The molecule has 0 radical (unpaired) electrons. The number of H-pyrrole nitrogens is 1. The summed E-state index contributed by atoms with van der Waals surface area (Å²) in [6.45, 7) is 0. The van der Waals surface area contributed by atoms with E-state index in [-0.39, 0.29) is 17.5 Å². The van der Waals surface area contributed by atoms with Crippen LogP contribution in [0.3, 0.4) is 0 Å². The predicted molar refractivity (Wildman–Crippen MR) is 65.2 cm³/mol. The zero-order chi connectivity index (χ0) is 14.9. The van der Waals surface area contributed by atoms with Crippen molar-refractivity contribution >= 4 is 29.1 Å². The molecule has 1 aromatic heterocycles. The maximum absolute atomic E-state index is 12.7. The molecule has 2 aromatic rings. The van der Waals surface area contributed by atoms with Gasteiger partial charge in [-0.3, -0.25) is 9.89 Å². The van der Waals surface area contributed by atoms with E-state index in [9.17, 15) is 18.0 Å². The van der Waals surface area contributed by atoms with Crippen LogP contribution in [0.4, 0.5) is 24.8 Å². The minimum absolute atomic E-state index is 0.0818. The van der Waals surface area contributed by atoms with E-state index in [0.717, 1.165) is 12.1 Å². The molecule has 1 aromatic carbocycles. The Labute approximate surface area is 115 Å². The van der Waals surface area contributed by atoms with Gasteiger partial charge < -0.3 is 11.1 Å². The van der Waals surface area contributed by atoms with Gasteiger partial charge in [-0.15, -0.1) is 5.10 Å². The Morgan fingerprint density at radius 2 is 2.10 bits per heavy atom. The van der Waals surface area contributed by atoms with Crippen molar-refractivity contribution in [2.45, 2.75) is 6.18 Å². The smallest absolute Gasteiger partial charge is 0.366 e. The minimum Gasteiger partial charge on any atom is -0.366 e. The second-order valence-electron chi connectivity index (χ2n) is 3.69. The standard InChI is InChI=1S/C10H7ClF3N5O/c11-6-2-1-4(3-5(6)10(12,13)14)16-8(20)7-17-9(15)19-18-7/h1-3H,(H,16,20)(H3,15,17,18,19). The number of nitrogens with two attached hydrogens (primary N) is 1. The van der Waals surface area contributed by atoms with Gasteiger partial charge >= 0.3 is 6.18 Å². The summed E-state index contributed by atoms with van der Waals surface area (Å²) in [7, 11) is 0. The summed E-state index contributed by atoms with van der Waals surface area (Å²) in [6.07, 6.45) is -4.62. The van der Waals surface area contributed by atoms with E-state index in [4.69, 9.17) is 17.3 Å². The van der Waals surface area contributed by atoms with Crippen LogP contribution in [0, 0.1) is 0 Å². The van der Waals surface area contributed by atoms with Crippen LogP contribution in [-0.2, 0) is 6.18 Å². The van der Waals surface area contributed by atoms with Crippen molar-refractivity contribution in [2.24, 2.45) is 0 Å². The summed E-state index contributed by atoms with van der Waals surface area (Å²) in [5.74, 6) is -1.14. The highest BCUT2D eigenvalue weighted by atomic mass is 35.5. The van der Waals surface area contributed by atoms with Crippen molar-refractivity contribution in [3.05, 3.63) is 34.6 Å². The largest absolute Gasteiger partial charge is 0.417 e. The number of carbonyl (C=O) groups is 1. The Balaban J connectivity index is 2.24. The van der Waals surface area contributed by atoms with Gasteiger partial charge in [0, 0.05) is 5.69 Å². The van der Waals surface area contributed by atoms with Gasteiger partial charge in [0.25, 0.3) is 5.91 Å². The molecule has 4 N–H and O–H groups in total. The molecule has 1 amide bonds. The van der Waals surface area contributed by atoms with Crippen molar-refractivity contribution in [1.82, 2.24) is 15.2 Å². The SMILES string of the molecule is Nc1n[nH]c(C(=O)Nc2ccc(Cl)c(C(F)(F)F)c2)n1. The number of carbonyl (C=O) groups excluding carboxylic acids is 1. The molecule has 0 aliphatic heterocycles. The summed E-state index contributed by atoms with van der Waals surface area (Å²) in [5.41, 5.74) is 4.08. The number of amides is 1. The van der Waals surface area contributed by atoms with Gasteiger partial charge in [-0.2, -0.15) is 18.2 Å². The van der Waals surface area contributed by atoms with Gasteiger partial charge in [-0.25, -0.2) is 0 Å². The molecular weight excluding hydrogens is 299 g/mol.